The van der Waals surface area contributed by atoms with Gasteiger partial charge in [0.1, 0.15) is 17.4 Å². The molecule has 1 aliphatic carbocycles. The number of carbonyl (C=O) groups is 2. The Morgan fingerprint density at radius 3 is 3.05 bits per heavy atom. The maximum Gasteiger partial charge on any atom is 0.248 e. The van der Waals surface area contributed by atoms with Crippen molar-refractivity contribution in [3.8, 4) is 0 Å². The molecule has 0 saturated heterocycles. The second kappa shape index (κ2) is 3.70. The number of hydrogen-bond donors (Lipinski definition) is 0. The number of ether oxygens (including phenoxy) is 1. The van der Waals surface area contributed by atoms with Crippen molar-refractivity contribution in [2.24, 2.45) is 0 Å². The van der Waals surface area contributed by atoms with E-state index in [9.17, 15) is 9.59 Å². The highest BCUT2D eigenvalue weighted by atomic mass is 16.5. The molecular formula is C15H13NO4. The smallest absolute Gasteiger partial charge is 0.248 e. The summed E-state index contributed by atoms with van der Waals surface area (Å²) in [5, 5.41) is 0. The molecule has 0 radical (unpaired) electrons. The molecule has 0 fully saturated rings. The Morgan fingerprint density at radius 1 is 1.40 bits per heavy atom. The molecule has 0 bridgehead atoms. The number of carbonyl (C=O) groups excluding carboxylic acids is 2. The van der Waals surface area contributed by atoms with Gasteiger partial charge in [-0.15, -0.1) is 0 Å². The summed E-state index contributed by atoms with van der Waals surface area (Å²) in [5.41, 5.74) is 1.03. The molecule has 1 aromatic rings. The third-order valence-corrected chi connectivity index (χ3v) is 4.43. The summed E-state index contributed by atoms with van der Waals surface area (Å²) in [6, 6.07) is 1.84. The van der Waals surface area contributed by atoms with Crippen LogP contribution in [0.4, 0.5) is 0 Å². The number of furan rings is 1. The summed E-state index contributed by atoms with van der Waals surface area (Å²) in [6.07, 6.45) is 6.47. The predicted octanol–water partition coefficient (Wildman–Crippen LogP) is 1.47. The van der Waals surface area contributed by atoms with Crippen LogP contribution >= 0.6 is 0 Å². The lowest BCUT2D eigenvalue weighted by molar-refractivity contribution is -0.135. The van der Waals surface area contributed by atoms with Gasteiger partial charge < -0.3 is 14.1 Å². The molecule has 3 heterocycles. The zero-order valence-electron chi connectivity index (χ0n) is 11.0. The van der Waals surface area contributed by atoms with Gasteiger partial charge in [-0.2, -0.15) is 0 Å². The minimum Gasteiger partial charge on any atom is -0.466 e. The first-order chi connectivity index (χ1) is 9.66. The van der Waals surface area contributed by atoms with E-state index >= 15 is 0 Å². The summed E-state index contributed by atoms with van der Waals surface area (Å²) >= 11 is 0. The van der Waals surface area contributed by atoms with E-state index in [1.807, 2.05) is 6.07 Å². The number of hydrogen-bond acceptors (Lipinski definition) is 4. The van der Waals surface area contributed by atoms with Crippen LogP contribution in [0, 0.1) is 0 Å². The topological polar surface area (TPSA) is 59.8 Å². The van der Waals surface area contributed by atoms with E-state index in [0.717, 1.165) is 11.1 Å². The second-order valence-electron chi connectivity index (χ2n) is 5.31. The van der Waals surface area contributed by atoms with Gasteiger partial charge in [0.25, 0.3) is 0 Å². The van der Waals surface area contributed by atoms with E-state index < -0.39 is 5.54 Å². The van der Waals surface area contributed by atoms with E-state index in [0.29, 0.717) is 12.3 Å². The van der Waals surface area contributed by atoms with E-state index in [-0.39, 0.29) is 24.2 Å². The first kappa shape index (κ1) is 11.7. The first-order valence-electron chi connectivity index (χ1n) is 6.52. The average Bonchev–Trinajstić information content (AvgIpc) is 3.01. The molecule has 2 aliphatic heterocycles. The molecule has 1 aromatic heterocycles. The Kier molecular flexibility index (Phi) is 2.16. The molecule has 1 spiro atoms. The molecule has 0 aromatic carbocycles. The van der Waals surface area contributed by atoms with Gasteiger partial charge in [0.2, 0.25) is 5.91 Å². The Bertz CT molecular complexity index is 684. The van der Waals surface area contributed by atoms with Crippen LogP contribution in [-0.4, -0.2) is 30.2 Å². The maximum atomic E-state index is 12.3. The molecule has 102 valence electrons. The standard InChI is InChI=1S/C15H13NO4/c1-19-12-8-16-13(18)6-9-2-3-10(17)7-15(9,16)11-4-5-20-14(11)12/h2-6,12H,7-8H2,1H3/t12-,15-/m0/s1. The van der Waals surface area contributed by atoms with Crippen LogP contribution in [0.25, 0.3) is 0 Å². The van der Waals surface area contributed by atoms with Crippen molar-refractivity contribution in [1.82, 2.24) is 4.90 Å². The van der Waals surface area contributed by atoms with Crippen LogP contribution in [0.5, 0.6) is 0 Å². The highest BCUT2D eigenvalue weighted by Gasteiger charge is 2.56. The van der Waals surface area contributed by atoms with Gasteiger partial charge in [-0.1, -0.05) is 6.08 Å². The highest BCUT2D eigenvalue weighted by molar-refractivity contribution is 6.01. The molecule has 1 amide bonds. The molecule has 3 aliphatic rings. The Morgan fingerprint density at radius 2 is 2.25 bits per heavy atom. The van der Waals surface area contributed by atoms with Crippen LogP contribution in [0.15, 0.2) is 40.5 Å². The van der Waals surface area contributed by atoms with Crippen molar-refractivity contribution >= 4 is 11.7 Å². The van der Waals surface area contributed by atoms with Gasteiger partial charge >= 0.3 is 0 Å². The second-order valence-corrected chi connectivity index (χ2v) is 5.31. The molecule has 5 heteroatoms. The number of ketones is 1. The predicted molar refractivity (Wildman–Crippen MR) is 68.7 cm³/mol. The number of methoxy groups -OCH3 is 1. The summed E-state index contributed by atoms with van der Waals surface area (Å²) in [5.74, 6) is 0.658. The lowest BCUT2D eigenvalue weighted by Gasteiger charge is -2.46. The fourth-order valence-electron chi connectivity index (χ4n) is 3.54. The van der Waals surface area contributed by atoms with Gasteiger partial charge in [0, 0.05) is 25.2 Å². The zero-order valence-corrected chi connectivity index (χ0v) is 11.0. The molecule has 4 rings (SSSR count). The Balaban J connectivity index is 1.98. The summed E-state index contributed by atoms with van der Waals surface area (Å²) in [7, 11) is 1.59. The largest absolute Gasteiger partial charge is 0.466 e. The van der Waals surface area contributed by atoms with Crippen LogP contribution in [0.1, 0.15) is 23.8 Å². The van der Waals surface area contributed by atoms with Crippen molar-refractivity contribution in [2.45, 2.75) is 18.1 Å². The Hall–Kier alpha value is -2.14. The number of allylic oxidation sites excluding steroid dienone is 1. The SMILES string of the molecule is CO[C@H]1CN2C(=O)C=C3C=CC(=O)C[C@@]32c2ccoc21. The number of nitrogens with zero attached hydrogens (tertiary/aromatic N) is 1. The van der Waals surface area contributed by atoms with E-state index in [2.05, 4.69) is 0 Å². The van der Waals surface area contributed by atoms with Gasteiger partial charge in [-0.3, -0.25) is 9.59 Å². The third kappa shape index (κ3) is 1.21. The quantitative estimate of drug-likeness (QED) is 0.776. The van der Waals surface area contributed by atoms with E-state index in [1.165, 1.54) is 6.08 Å². The maximum absolute atomic E-state index is 12.3. The van der Waals surface area contributed by atoms with Crippen LogP contribution < -0.4 is 0 Å². The van der Waals surface area contributed by atoms with Gasteiger partial charge in [-0.25, -0.2) is 0 Å². The minimum absolute atomic E-state index is 0.0184. The number of amides is 1. The molecule has 0 unspecified atom stereocenters. The molecule has 0 N–H and O–H groups in total. The van der Waals surface area contributed by atoms with E-state index in [1.54, 1.807) is 30.4 Å². The third-order valence-electron chi connectivity index (χ3n) is 4.43. The normalized spacial score (nSPS) is 30.9. The van der Waals surface area contributed by atoms with Crippen LogP contribution in [0.2, 0.25) is 0 Å². The van der Waals surface area contributed by atoms with Crippen LogP contribution in [0.3, 0.4) is 0 Å². The highest BCUT2D eigenvalue weighted by Crippen LogP contribution is 2.52. The molecule has 20 heavy (non-hydrogen) atoms. The van der Waals surface area contributed by atoms with Crippen molar-refractivity contribution < 1.29 is 18.7 Å². The summed E-state index contributed by atoms with van der Waals surface area (Å²) < 4.78 is 11.0. The summed E-state index contributed by atoms with van der Waals surface area (Å²) in [6.45, 7) is 0.400. The van der Waals surface area contributed by atoms with E-state index in [4.69, 9.17) is 9.15 Å². The molecule has 0 saturated carbocycles. The van der Waals surface area contributed by atoms with Crippen molar-refractivity contribution in [3.05, 3.63) is 47.5 Å². The van der Waals surface area contributed by atoms with Gasteiger partial charge in [-0.05, 0) is 17.7 Å². The molecular weight excluding hydrogens is 258 g/mol. The molecule has 2 atom stereocenters. The lowest BCUT2D eigenvalue weighted by Crippen LogP contribution is -2.52. The lowest BCUT2D eigenvalue weighted by atomic mass is 9.73. The Labute approximate surface area is 115 Å². The monoisotopic (exact) mass is 271 g/mol. The fourth-order valence-corrected chi connectivity index (χ4v) is 3.54. The van der Waals surface area contributed by atoms with Crippen LogP contribution in [-0.2, 0) is 19.9 Å². The van der Waals surface area contributed by atoms with Gasteiger partial charge in [0.05, 0.1) is 12.8 Å². The van der Waals surface area contributed by atoms with Crippen molar-refractivity contribution in [3.63, 3.8) is 0 Å². The fraction of sp³-hybridized carbons (Fsp3) is 0.333. The zero-order chi connectivity index (χ0) is 13.9. The number of fused-ring (bicyclic) bond motifs is 1. The van der Waals surface area contributed by atoms with Gasteiger partial charge in [0.15, 0.2) is 5.78 Å². The minimum atomic E-state index is -0.694. The van der Waals surface area contributed by atoms with Crippen molar-refractivity contribution in [2.75, 3.05) is 13.7 Å². The summed E-state index contributed by atoms with van der Waals surface area (Å²) in [4.78, 5) is 26.0. The van der Waals surface area contributed by atoms with Crippen molar-refractivity contribution in [1.29, 1.82) is 0 Å². The first-order valence-corrected chi connectivity index (χ1v) is 6.52. The molecule has 5 nitrogen and oxygen atoms in total. The average molecular weight is 271 g/mol. The number of rotatable bonds is 1.